The molecule has 1 atom stereocenters. The number of amides is 1. The minimum absolute atomic E-state index is 0.184. The lowest BCUT2D eigenvalue weighted by Gasteiger charge is -2.11. The largest absolute Gasteiger partial charge is 0.495 e. The molecule has 27 heavy (non-hydrogen) atoms. The van der Waals surface area contributed by atoms with Crippen molar-refractivity contribution in [1.29, 1.82) is 0 Å². The Kier molecular flexibility index (Phi) is 5.71. The van der Waals surface area contributed by atoms with Crippen LogP contribution in [0, 0.1) is 6.92 Å². The van der Waals surface area contributed by atoms with Crippen LogP contribution in [0.4, 0.5) is 5.69 Å². The summed E-state index contributed by atoms with van der Waals surface area (Å²) in [6, 6.07) is 15.2. The van der Waals surface area contributed by atoms with Gasteiger partial charge in [-0.1, -0.05) is 36.4 Å². The number of rotatable bonds is 6. The van der Waals surface area contributed by atoms with Crippen molar-refractivity contribution in [3.8, 4) is 17.0 Å². The summed E-state index contributed by atoms with van der Waals surface area (Å²) in [6.45, 7) is 1.92. The Bertz CT molecular complexity index is 983. The molecule has 0 aliphatic rings. The summed E-state index contributed by atoms with van der Waals surface area (Å²) in [6.07, 6.45) is 1.67. The molecule has 0 fully saturated rings. The van der Waals surface area contributed by atoms with Gasteiger partial charge in [-0.15, -0.1) is 0 Å². The van der Waals surface area contributed by atoms with Crippen molar-refractivity contribution in [2.24, 2.45) is 7.05 Å². The van der Waals surface area contributed by atoms with Gasteiger partial charge in [-0.2, -0.15) is 0 Å². The second kappa shape index (κ2) is 8.18. The standard InChI is InChI=1S/C20H21N3O3S/c1-14-9-10-18(26-3)16(11-14)22-19(24)13-27(25)20-21-12-17(23(20)2)15-7-5-4-6-8-15/h4-12H,13H2,1-3H3,(H,22,24). The molecule has 1 aromatic heterocycles. The lowest BCUT2D eigenvalue weighted by Crippen LogP contribution is -2.21. The molecule has 1 heterocycles. The van der Waals surface area contributed by atoms with Crippen LogP contribution in [0.2, 0.25) is 0 Å². The van der Waals surface area contributed by atoms with E-state index in [-0.39, 0.29) is 11.7 Å². The van der Waals surface area contributed by atoms with E-state index in [0.29, 0.717) is 16.6 Å². The number of methoxy groups -OCH3 is 1. The Balaban J connectivity index is 1.74. The molecule has 0 aliphatic carbocycles. The Hall–Kier alpha value is -2.93. The van der Waals surface area contributed by atoms with E-state index in [0.717, 1.165) is 16.8 Å². The number of nitrogens with one attached hydrogen (secondary N) is 1. The van der Waals surface area contributed by atoms with E-state index in [1.165, 1.54) is 7.11 Å². The molecule has 1 N–H and O–H groups in total. The molecule has 0 radical (unpaired) electrons. The number of nitrogens with zero attached hydrogens (tertiary/aromatic N) is 2. The third-order valence-electron chi connectivity index (χ3n) is 4.11. The summed E-state index contributed by atoms with van der Waals surface area (Å²) in [5.41, 5.74) is 3.37. The fourth-order valence-electron chi connectivity index (χ4n) is 2.77. The number of aryl methyl sites for hydroxylation is 1. The number of hydrogen-bond acceptors (Lipinski definition) is 4. The Labute approximate surface area is 160 Å². The zero-order valence-electron chi connectivity index (χ0n) is 15.4. The Morgan fingerprint density at radius 3 is 2.67 bits per heavy atom. The van der Waals surface area contributed by atoms with E-state index in [2.05, 4.69) is 10.3 Å². The molecular weight excluding hydrogens is 362 g/mol. The number of imidazole rings is 1. The van der Waals surface area contributed by atoms with E-state index in [4.69, 9.17) is 4.74 Å². The van der Waals surface area contributed by atoms with Gasteiger partial charge in [0.15, 0.2) is 5.16 Å². The quantitative estimate of drug-likeness (QED) is 0.710. The number of benzene rings is 2. The molecule has 0 spiro atoms. The highest BCUT2D eigenvalue weighted by molar-refractivity contribution is 7.85. The first kappa shape index (κ1) is 18.8. The monoisotopic (exact) mass is 383 g/mol. The van der Waals surface area contributed by atoms with Crippen molar-refractivity contribution in [2.45, 2.75) is 12.1 Å². The summed E-state index contributed by atoms with van der Waals surface area (Å²) >= 11 is 0. The van der Waals surface area contributed by atoms with E-state index in [1.54, 1.807) is 23.9 Å². The molecule has 0 aliphatic heterocycles. The lowest BCUT2D eigenvalue weighted by atomic mass is 10.2. The van der Waals surface area contributed by atoms with Crippen LogP contribution in [0.25, 0.3) is 11.3 Å². The maximum atomic E-state index is 12.7. The van der Waals surface area contributed by atoms with Crippen LogP contribution in [0.5, 0.6) is 5.75 Å². The fraction of sp³-hybridized carbons (Fsp3) is 0.200. The van der Waals surface area contributed by atoms with E-state index >= 15 is 0 Å². The average molecular weight is 383 g/mol. The average Bonchev–Trinajstić information content (AvgIpc) is 3.04. The van der Waals surface area contributed by atoms with Gasteiger partial charge < -0.3 is 14.6 Å². The number of carbonyl (C=O) groups excluding carboxylic acids is 1. The van der Waals surface area contributed by atoms with Crippen LogP contribution in [-0.4, -0.2) is 32.5 Å². The zero-order chi connectivity index (χ0) is 19.4. The number of ether oxygens (including phenoxy) is 1. The highest BCUT2D eigenvalue weighted by Crippen LogP contribution is 2.25. The maximum absolute atomic E-state index is 12.7. The van der Waals surface area contributed by atoms with Crippen LogP contribution in [0.15, 0.2) is 59.9 Å². The van der Waals surface area contributed by atoms with Gasteiger partial charge in [-0.3, -0.25) is 9.00 Å². The van der Waals surface area contributed by atoms with Crippen LogP contribution in [0.3, 0.4) is 0 Å². The molecule has 0 saturated heterocycles. The van der Waals surface area contributed by atoms with Gasteiger partial charge in [0.25, 0.3) is 0 Å². The lowest BCUT2D eigenvalue weighted by molar-refractivity contribution is -0.113. The highest BCUT2D eigenvalue weighted by Gasteiger charge is 2.18. The van der Waals surface area contributed by atoms with Crippen molar-refractivity contribution in [2.75, 3.05) is 18.2 Å². The van der Waals surface area contributed by atoms with Gasteiger partial charge in [0.05, 0.1) is 35.5 Å². The summed E-state index contributed by atoms with van der Waals surface area (Å²) < 4.78 is 19.7. The second-order valence-electron chi connectivity index (χ2n) is 6.09. The van der Waals surface area contributed by atoms with Crippen LogP contribution in [-0.2, 0) is 22.6 Å². The van der Waals surface area contributed by atoms with Gasteiger partial charge in [-0.25, -0.2) is 4.98 Å². The predicted molar refractivity (Wildman–Crippen MR) is 106 cm³/mol. The van der Waals surface area contributed by atoms with Crippen LogP contribution < -0.4 is 10.1 Å². The summed E-state index contributed by atoms with van der Waals surface area (Å²) in [5, 5.41) is 3.13. The van der Waals surface area contributed by atoms with Crippen molar-refractivity contribution in [1.82, 2.24) is 9.55 Å². The van der Waals surface area contributed by atoms with E-state index in [9.17, 15) is 9.00 Å². The third kappa shape index (κ3) is 4.25. The summed E-state index contributed by atoms with van der Waals surface area (Å²) in [7, 11) is 1.77. The molecule has 0 bridgehead atoms. The molecule has 7 heteroatoms. The molecule has 0 saturated carbocycles. The molecule has 1 unspecified atom stereocenters. The first-order chi connectivity index (χ1) is 13.0. The number of hydrogen-bond donors (Lipinski definition) is 1. The van der Waals surface area contributed by atoms with Gasteiger partial charge in [-0.05, 0) is 30.2 Å². The summed E-state index contributed by atoms with van der Waals surface area (Å²) in [5.74, 6) is 0.0143. The molecule has 3 aromatic rings. The SMILES string of the molecule is COc1ccc(C)cc1NC(=O)CS(=O)c1ncc(-c2ccccc2)n1C. The van der Waals surface area contributed by atoms with Gasteiger partial charge in [0.2, 0.25) is 5.91 Å². The number of carbonyl (C=O) groups is 1. The Morgan fingerprint density at radius 2 is 1.96 bits per heavy atom. The van der Waals surface area contributed by atoms with Gasteiger partial charge in [0.1, 0.15) is 11.5 Å². The number of anilines is 1. The van der Waals surface area contributed by atoms with Crippen LogP contribution >= 0.6 is 0 Å². The predicted octanol–water partition coefficient (Wildman–Crippen LogP) is 3.15. The van der Waals surface area contributed by atoms with Gasteiger partial charge in [0, 0.05) is 7.05 Å². The van der Waals surface area contributed by atoms with Crippen molar-refractivity contribution >= 4 is 22.4 Å². The minimum Gasteiger partial charge on any atom is -0.495 e. The third-order valence-corrected chi connectivity index (χ3v) is 5.42. The molecule has 140 valence electrons. The molecule has 2 aromatic carbocycles. The first-order valence-electron chi connectivity index (χ1n) is 8.39. The summed E-state index contributed by atoms with van der Waals surface area (Å²) in [4.78, 5) is 16.6. The first-order valence-corrected chi connectivity index (χ1v) is 9.71. The zero-order valence-corrected chi connectivity index (χ0v) is 16.2. The van der Waals surface area contributed by atoms with Crippen molar-refractivity contribution < 1.29 is 13.7 Å². The Morgan fingerprint density at radius 1 is 1.22 bits per heavy atom. The number of aromatic nitrogens is 2. The second-order valence-corrected chi connectivity index (χ2v) is 7.44. The molecular formula is C20H21N3O3S. The van der Waals surface area contributed by atoms with E-state index in [1.807, 2.05) is 49.4 Å². The maximum Gasteiger partial charge on any atom is 0.237 e. The van der Waals surface area contributed by atoms with Crippen molar-refractivity contribution in [3.63, 3.8) is 0 Å². The smallest absolute Gasteiger partial charge is 0.237 e. The topological polar surface area (TPSA) is 73.2 Å². The normalized spacial score (nSPS) is 11.8. The van der Waals surface area contributed by atoms with Gasteiger partial charge >= 0.3 is 0 Å². The fourth-order valence-corrected chi connectivity index (χ4v) is 3.78. The molecule has 6 nitrogen and oxygen atoms in total. The minimum atomic E-state index is -1.57. The van der Waals surface area contributed by atoms with E-state index < -0.39 is 10.8 Å². The molecule has 1 amide bonds. The highest BCUT2D eigenvalue weighted by atomic mass is 32.2. The van der Waals surface area contributed by atoms with Crippen LogP contribution in [0.1, 0.15) is 5.56 Å². The molecule has 3 rings (SSSR count). The van der Waals surface area contributed by atoms with Crippen molar-refractivity contribution in [3.05, 3.63) is 60.3 Å².